The molecule has 0 radical (unpaired) electrons. The Morgan fingerprint density at radius 3 is 2.21 bits per heavy atom. The van der Waals surface area contributed by atoms with E-state index in [1.807, 2.05) is 32.6 Å². The van der Waals surface area contributed by atoms with Gasteiger partial charge in [-0.3, -0.25) is 14.5 Å². The highest BCUT2D eigenvalue weighted by Gasteiger charge is 2.29. The highest BCUT2D eigenvalue weighted by atomic mass is 35.5. The topological polar surface area (TPSA) is 64.7 Å². The van der Waals surface area contributed by atoms with Crippen molar-refractivity contribution in [1.82, 2.24) is 10.2 Å². The molecule has 3 rings (SSSR count). The molecule has 0 aromatic heterocycles. The first-order chi connectivity index (χ1) is 18.1. The number of hydrogen-bond acceptors (Lipinski definition) is 4. The van der Waals surface area contributed by atoms with Crippen LogP contribution in [0.15, 0.2) is 30.3 Å². The van der Waals surface area contributed by atoms with E-state index in [1.165, 1.54) is 18.2 Å². The Kier molecular flexibility index (Phi) is 14.1. The molecule has 0 spiro atoms. The molecule has 0 bridgehead atoms. The molecule has 212 valence electrons. The lowest BCUT2D eigenvalue weighted by molar-refractivity contribution is -0.138. The maximum atomic E-state index is 14.5. The van der Waals surface area contributed by atoms with Gasteiger partial charge in [0.15, 0.2) is 11.6 Å². The predicted octanol–water partition coefficient (Wildman–Crippen LogP) is 6.24. The molecular formula is C26H34ClF5N4O2. The third-order valence-corrected chi connectivity index (χ3v) is 5.65. The molecule has 0 unspecified atom stereocenters. The summed E-state index contributed by atoms with van der Waals surface area (Å²) >= 11 is 6.11. The molecule has 1 fully saturated rings. The fourth-order valence-corrected chi connectivity index (χ4v) is 3.78. The highest BCUT2D eigenvalue weighted by Crippen LogP contribution is 2.31. The lowest BCUT2D eigenvalue weighted by Crippen LogP contribution is -2.47. The summed E-state index contributed by atoms with van der Waals surface area (Å²) < 4.78 is 66.2. The second-order valence-electron chi connectivity index (χ2n) is 7.71. The maximum Gasteiger partial charge on any atom is 0.390 e. The van der Waals surface area contributed by atoms with E-state index in [-0.39, 0.29) is 18.7 Å². The summed E-state index contributed by atoms with van der Waals surface area (Å²) in [6.45, 7) is 9.22. The molecule has 2 aromatic rings. The van der Waals surface area contributed by atoms with Crippen molar-refractivity contribution in [3.05, 3.63) is 58.1 Å². The van der Waals surface area contributed by atoms with Gasteiger partial charge in [0.1, 0.15) is 0 Å². The van der Waals surface area contributed by atoms with Gasteiger partial charge in [-0.05, 0) is 24.3 Å². The Balaban J connectivity index is 0.00000172. The Morgan fingerprint density at radius 2 is 1.63 bits per heavy atom. The number of nitrogens with one attached hydrogen (secondary N) is 2. The minimum Gasteiger partial charge on any atom is -0.367 e. The van der Waals surface area contributed by atoms with E-state index in [4.69, 9.17) is 11.6 Å². The molecule has 1 heterocycles. The summed E-state index contributed by atoms with van der Waals surface area (Å²) in [7, 11) is 0. The van der Waals surface area contributed by atoms with E-state index in [9.17, 15) is 31.5 Å². The van der Waals surface area contributed by atoms with E-state index in [0.717, 1.165) is 6.07 Å². The molecule has 1 aliphatic heterocycles. The van der Waals surface area contributed by atoms with Crippen LogP contribution in [0.2, 0.25) is 5.02 Å². The van der Waals surface area contributed by atoms with Crippen LogP contribution in [-0.4, -0.2) is 56.1 Å². The average Bonchev–Trinajstić information content (AvgIpc) is 2.91. The van der Waals surface area contributed by atoms with E-state index < -0.39 is 35.7 Å². The van der Waals surface area contributed by atoms with Crippen LogP contribution in [0, 0.1) is 11.6 Å². The van der Waals surface area contributed by atoms with Crippen LogP contribution in [0.25, 0.3) is 0 Å². The van der Waals surface area contributed by atoms with Gasteiger partial charge in [-0.1, -0.05) is 45.4 Å². The normalized spacial score (nSPS) is 13.5. The zero-order valence-corrected chi connectivity index (χ0v) is 22.6. The van der Waals surface area contributed by atoms with Gasteiger partial charge in [-0.15, -0.1) is 0 Å². The zero-order chi connectivity index (χ0) is 28.9. The molecule has 6 nitrogen and oxygen atoms in total. The van der Waals surface area contributed by atoms with Gasteiger partial charge in [-0.25, -0.2) is 8.78 Å². The number of hydrogen-bond donors (Lipinski definition) is 2. The molecule has 38 heavy (non-hydrogen) atoms. The van der Waals surface area contributed by atoms with Gasteiger partial charge in [-0.2, -0.15) is 13.2 Å². The van der Waals surface area contributed by atoms with Gasteiger partial charge in [0, 0.05) is 49.9 Å². The molecule has 2 amide bonds. The first-order valence-electron chi connectivity index (χ1n) is 12.4. The second kappa shape index (κ2) is 16.1. The van der Waals surface area contributed by atoms with Gasteiger partial charge in [0.25, 0.3) is 5.91 Å². The predicted molar refractivity (Wildman–Crippen MR) is 141 cm³/mol. The molecule has 1 aliphatic rings. The minimum atomic E-state index is -4.22. The largest absolute Gasteiger partial charge is 0.390 e. The monoisotopic (exact) mass is 564 g/mol. The van der Waals surface area contributed by atoms with Crippen LogP contribution in [0.3, 0.4) is 0 Å². The third-order valence-electron chi connectivity index (χ3n) is 5.42. The average molecular weight is 565 g/mol. The molecule has 12 heteroatoms. The second-order valence-corrected chi connectivity index (χ2v) is 8.14. The minimum absolute atomic E-state index is 0.0975. The standard InChI is InChI=1S/C22H22ClF5N4O2.2C2H6/c23-15-2-4-17(18(11-15)32-9-7-31(8-10-32)6-5-22(26,27)28)30-21(34)16-3-1-14(12-29-13-33)19(24)20(16)25;2*1-2/h1-4,11,13H,5-10,12H2,(H,29,33)(H,30,34);2*1-2H3. The number of piperazine rings is 1. The Hall–Kier alpha value is -2.92. The first-order valence-corrected chi connectivity index (χ1v) is 12.8. The fourth-order valence-electron chi connectivity index (χ4n) is 3.61. The van der Waals surface area contributed by atoms with Crippen molar-refractivity contribution < 1.29 is 31.5 Å². The van der Waals surface area contributed by atoms with Crippen molar-refractivity contribution >= 4 is 35.3 Å². The van der Waals surface area contributed by atoms with Crippen LogP contribution < -0.4 is 15.5 Å². The van der Waals surface area contributed by atoms with Crippen LogP contribution in [0.5, 0.6) is 0 Å². The fraction of sp³-hybridized carbons (Fsp3) is 0.462. The smallest absolute Gasteiger partial charge is 0.367 e. The number of alkyl halides is 3. The highest BCUT2D eigenvalue weighted by molar-refractivity contribution is 6.31. The molecule has 2 N–H and O–H groups in total. The summed E-state index contributed by atoms with van der Waals surface area (Å²) in [4.78, 5) is 26.6. The molecule has 1 saturated heterocycles. The van der Waals surface area contributed by atoms with Crippen LogP contribution in [0.4, 0.5) is 33.3 Å². The SMILES string of the molecule is CC.CC.O=CNCc1ccc(C(=O)Nc2ccc(Cl)cc2N2CCN(CCC(F)(F)F)CC2)c(F)c1F. The zero-order valence-electron chi connectivity index (χ0n) is 21.9. The molecule has 0 atom stereocenters. The number of halogens is 6. The van der Waals surface area contributed by atoms with E-state index in [1.54, 1.807) is 11.0 Å². The van der Waals surface area contributed by atoms with E-state index >= 15 is 0 Å². The van der Waals surface area contributed by atoms with E-state index in [2.05, 4.69) is 10.6 Å². The quantitative estimate of drug-likeness (QED) is 0.294. The lowest BCUT2D eigenvalue weighted by Gasteiger charge is -2.37. The summed E-state index contributed by atoms with van der Waals surface area (Å²) in [6.07, 6.45) is -4.77. The van der Waals surface area contributed by atoms with Gasteiger partial charge in [0.05, 0.1) is 23.4 Å². The van der Waals surface area contributed by atoms with Crippen LogP contribution in [-0.2, 0) is 11.3 Å². The Labute approximate surface area is 225 Å². The van der Waals surface area contributed by atoms with Crippen molar-refractivity contribution in [2.24, 2.45) is 0 Å². The van der Waals surface area contributed by atoms with Crippen molar-refractivity contribution in [3.63, 3.8) is 0 Å². The van der Waals surface area contributed by atoms with Crippen LogP contribution >= 0.6 is 11.6 Å². The summed E-state index contributed by atoms with van der Waals surface area (Å²) in [5, 5.41) is 5.15. The maximum absolute atomic E-state index is 14.5. The Bertz CT molecular complexity index is 1050. The van der Waals surface area contributed by atoms with Crippen molar-refractivity contribution in [1.29, 1.82) is 0 Å². The number of amides is 2. The summed E-state index contributed by atoms with van der Waals surface area (Å²) in [5.74, 6) is -3.48. The number of anilines is 2. The van der Waals surface area contributed by atoms with Crippen molar-refractivity contribution in [2.75, 3.05) is 42.9 Å². The molecular weight excluding hydrogens is 531 g/mol. The van der Waals surface area contributed by atoms with Crippen LogP contribution in [0.1, 0.15) is 50.0 Å². The van der Waals surface area contributed by atoms with Gasteiger partial charge in [0.2, 0.25) is 6.41 Å². The van der Waals surface area contributed by atoms with Crippen molar-refractivity contribution in [3.8, 4) is 0 Å². The number of nitrogens with zero attached hydrogens (tertiary/aromatic N) is 2. The van der Waals surface area contributed by atoms with E-state index in [0.29, 0.717) is 49.0 Å². The summed E-state index contributed by atoms with van der Waals surface area (Å²) in [5.41, 5.74) is 0.176. The van der Waals surface area contributed by atoms with Crippen molar-refractivity contribution in [2.45, 2.75) is 46.8 Å². The summed E-state index contributed by atoms with van der Waals surface area (Å²) in [6, 6.07) is 6.94. The molecule has 0 aliphatic carbocycles. The number of rotatable bonds is 8. The Morgan fingerprint density at radius 1 is 1.00 bits per heavy atom. The van der Waals surface area contributed by atoms with Gasteiger partial charge >= 0.3 is 6.18 Å². The first kappa shape index (κ1) is 33.1. The molecule has 0 saturated carbocycles. The lowest BCUT2D eigenvalue weighted by atomic mass is 10.1. The third kappa shape index (κ3) is 9.75. The number of carbonyl (C=O) groups excluding carboxylic acids is 2. The van der Waals surface area contributed by atoms with Gasteiger partial charge < -0.3 is 15.5 Å². The molecule has 2 aromatic carbocycles. The number of benzene rings is 2. The number of carbonyl (C=O) groups is 2.